The maximum absolute atomic E-state index is 11.1. The Morgan fingerprint density at radius 2 is 1.82 bits per heavy atom. The van der Waals surface area contributed by atoms with Crippen molar-refractivity contribution >= 4 is 18.5 Å². The number of ether oxygens (including phenoxy) is 3. The van der Waals surface area contributed by atoms with E-state index < -0.39 is 17.9 Å². The molecule has 96 valence electrons. The Hall–Kier alpha value is -1.85. The topological polar surface area (TPSA) is 85.7 Å². The van der Waals surface area contributed by atoms with Crippen molar-refractivity contribution in [1.29, 1.82) is 5.41 Å². The second kappa shape index (κ2) is 6.67. The second-order valence-electron chi connectivity index (χ2n) is 4.04. The zero-order chi connectivity index (χ0) is 13.5. The lowest BCUT2D eigenvalue weighted by atomic mass is 10.2. The third-order valence-corrected chi connectivity index (χ3v) is 1.55. The highest BCUT2D eigenvalue weighted by Crippen LogP contribution is 2.07. The molecule has 0 saturated carbocycles. The van der Waals surface area contributed by atoms with Crippen molar-refractivity contribution in [2.24, 2.45) is 0 Å². The fraction of sp³-hybridized carbons (Fsp3) is 0.545. The summed E-state index contributed by atoms with van der Waals surface area (Å²) in [6, 6.07) is 0. The van der Waals surface area contributed by atoms with Crippen LogP contribution in [-0.4, -0.2) is 30.7 Å². The summed E-state index contributed by atoms with van der Waals surface area (Å²) in [5.41, 5.74) is -0.137. The summed E-state index contributed by atoms with van der Waals surface area (Å²) in [6.45, 7) is 6.68. The van der Waals surface area contributed by atoms with E-state index in [9.17, 15) is 9.59 Å². The fourth-order valence-electron chi connectivity index (χ4n) is 0.639. The standard InChI is InChI=1S/C11H17NO5/c1-8(2)5-6-15-9(13)16-10(14)17-11(3,4)7-12/h5,7,12H,6H2,1-4H3. The molecular formula is C11H17NO5. The van der Waals surface area contributed by atoms with Crippen LogP contribution in [0.1, 0.15) is 27.7 Å². The van der Waals surface area contributed by atoms with Gasteiger partial charge in [0.05, 0.1) is 0 Å². The molecule has 0 rings (SSSR count). The molecule has 0 aliphatic carbocycles. The number of allylic oxidation sites excluding steroid dienone is 1. The van der Waals surface area contributed by atoms with Crippen molar-refractivity contribution in [3.8, 4) is 0 Å². The van der Waals surface area contributed by atoms with Gasteiger partial charge in [0.25, 0.3) is 0 Å². The van der Waals surface area contributed by atoms with E-state index >= 15 is 0 Å². The maximum Gasteiger partial charge on any atom is 0.519 e. The molecule has 6 heteroatoms. The van der Waals surface area contributed by atoms with Gasteiger partial charge < -0.3 is 19.6 Å². The van der Waals surface area contributed by atoms with E-state index in [0.717, 1.165) is 11.8 Å². The SMILES string of the molecule is CC(C)=CCOC(=O)OC(=O)OC(C)(C)C=N. The van der Waals surface area contributed by atoms with Crippen molar-refractivity contribution < 1.29 is 23.8 Å². The van der Waals surface area contributed by atoms with Crippen LogP contribution in [0.4, 0.5) is 9.59 Å². The highest BCUT2D eigenvalue weighted by atomic mass is 16.8. The predicted molar refractivity (Wildman–Crippen MR) is 61.2 cm³/mol. The van der Waals surface area contributed by atoms with Gasteiger partial charge >= 0.3 is 12.3 Å². The van der Waals surface area contributed by atoms with E-state index in [1.54, 1.807) is 6.08 Å². The van der Waals surface area contributed by atoms with Gasteiger partial charge in [-0.15, -0.1) is 0 Å². The number of nitrogens with one attached hydrogen (secondary N) is 1. The first kappa shape index (κ1) is 15.2. The van der Waals surface area contributed by atoms with Gasteiger partial charge in [-0.3, -0.25) is 0 Å². The van der Waals surface area contributed by atoms with Crippen LogP contribution < -0.4 is 0 Å². The highest BCUT2D eigenvalue weighted by Gasteiger charge is 2.23. The Bertz CT molecular complexity index is 329. The molecule has 0 aliphatic rings. The maximum atomic E-state index is 11.1. The average Bonchev–Trinajstić information content (AvgIpc) is 2.15. The molecule has 0 atom stereocenters. The number of hydrogen-bond donors (Lipinski definition) is 1. The lowest BCUT2D eigenvalue weighted by molar-refractivity contribution is 0.0129. The van der Waals surface area contributed by atoms with Crippen LogP contribution in [0.15, 0.2) is 11.6 Å². The Kier molecular flexibility index (Phi) is 5.95. The molecule has 0 fully saturated rings. The van der Waals surface area contributed by atoms with Gasteiger partial charge in [-0.05, 0) is 33.8 Å². The largest absolute Gasteiger partial charge is 0.519 e. The summed E-state index contributed by atoms with van der Waals surface area (Å²) >= 11 is 0. The summed E-state index contributed by atoms with van der Waals surface area (Å²) in [5.74, 6) is 0. The average molecular weight is 243 g/mol. The zero-order valence-corrected chi connectivity index (χ0v) is 10.4. The minimum atomic E-state index is -1.19. The molecule has 0 aromatic heterocycles. The summed E-state index contributed by atoms with van der Waals surface area (Å²) < 4.78 is 13.5. The molecule has 0 bridgehead atoms. The molecule has 0 unspecified atom stereocenters. The minimum Gasteiger partial charge on any atom is -0.430 e. The van der Waals surface area contributed by atoms with Gasteiger partial charge in [-0.1, -0.05) is 5.57 Å². The molecule has 0 saturated heterocycles. The van der Waals surface area contributed by atoms with Crippen LogP contribution in [0, 0.1) is 5.41 Å². The van der Waals surface area contributed by atoms with E-state index in [1.807, 2.05) is 13.8 Å². The van der Waals surface area contributed by atoms with E-state index in [1.165, 1.54) is 13.8 Å². The molecule has 0 aromatic carbocycles. The van der Waals surface area contributed by atoms with E-state index in [4.69, 9.17) is 5.41 Å². The lowest BCUT2D eigenvalue weighted by Crippen LogP contribution is -2.30. The zero-order valence-electron chi connectivity index (χ0n) is 10.4. The normalized spacial score (nSPS) is 10.1. The van der Waals surface area contributed by atoms with Crippen LogP contribution in [-0.2, 0) is 14.2 Å². The number of carbonyl (C=O) groups excluding carboxylic acids is 2. The van der Waals surface area contributed by atoms with Gasteiger partial charge in [-0.2, -0.15) is 0 Å². The number of carbonyl (C=O) groups is 2. The Balaban J connectivity index is 4.01. The second-order valence-corrected chi connectivity index (χ2v) is 4.04. The third-order valence-electron chi connectivity index (χ3n) is 1.55. The molecule has 17 heavy (non-hydrogen) atoms. The lowest BCUT2D eigenvalue weighted by Gasteiger charge is -2.17. The molecule has 0 aliphatic heterocycles. The van der Waals surface area contributed by atoms with Gasteiger partial charge in [0, 0.05) is 6.21 Å². The molecule has 6 nitrogen and oxygen atoms in total. The Morgan fingerprint density at radius 3 is 2.29 bits per heavy atom. The first-order chi connectivity index (χ1) is 7.76. The van der Waals surface area contributed by atoms with Crippen LogP contribution in [0.25, 0.3) is 0 Å². The fourth-order valence-corrected chi connectivity index (χ4v) is 0.639. The third kappa shape index (κ3) is 8.01. The monoisotopic (exact) mass is 243 g/mol. The number of rotatable bonds is 4. The van der Waals surface area contributed by atoms with Gasteiger partial charge in [-0.25, -0.2) is 9.59 Å². The van der Waals surface area contributed by atoms with E-state index in [2.05, 4.69) is 14.2 Å². The van der Waals surface area contributed by atoms with Crippen molar-refractivity contribution in [2.75, 3.05) is 6.61 Å². The summed E-state index contributed by atoms with van der Waals surface area (Å²) in [7, 11) is 0. The van der Waals surface area contributed by atoms with Crippen LogP contribution in [0.3, 0.4) is 0 Å². The van der Waals surface area contributed by atoms with Gasteiger partial charge in [0.1, 0.15) is 12.2 Å². The van der Waals surface area contributed by atoms with Crippen molar-refractivity contribution in [1.82, 2.24) is 0 Å². The Morgan fingerprint density at radius 1 is 1.24 bits per heavy atom. The van der Waals surface area contributed by atoms with Crippen LogP contribution in [0.5, 0.6) is 0 Å². The smallest absolute Gasteiger partial charge is 0.430 e. The minimum absolute atomic E-state index is 0.0302. The molecule has 0 radical (unpaired) electrons. The Labute approximate surface area is 100 Å². The number of hydrogen-bond acceptors (Lipinski definition) is 6. The molecule has 0 spiro atoms. The van der Waals surface area contributed by atoms with Crippen molar-refractivity contribution in [2.45, 2.75) is 33.3 Å². The van der Waals surface area contributed by atoms with Crippen LogP contribution in [0.2, 0.25) is 0 Å². The molecule has 1 N–H and O–H groups in total. The molecular weight excluding hydrogens is 226 g/mol. The van der Waals surface area contributed by atoms with Gasteiger partial charge in [0.15, 0.2) is 0 Å². The highest BCUT2D eigenvalue weighted by molar-refractivity contribution is 5.79. The van der Waals surface area contributed by atoms with Crippen molar-refractivity contribution in [3.05, 3.63) is 11.6 Å². The molecule has 0 heterocycles. The summed E-state index contributed by atoms with van der Waals surface area (Å²) in [6.07, 6.45) is 0.255. The van der Waals surface area contributed by atoms with Crippen molar-refractivity contribution in [3.63, 3.8) is 0 Å². The summed E-state index contributed by atoms with van der Waals surface area (Å²) in [5, 5.41) is 6.96. The first-order valence-electron chi connectivity index (χ1n) is 4.99. The molecule has 0 amide bonds. The first-order valence-corrected chi connectivity index (χ1v) is 4.99. The van der Waals surface area contributed by atoms with E-state index in [0.29, 0.717) is 0 Å². The van der Waals surface area contributed by atoms with Crippen LogP contribution >= 0.6 is 0 Å². The quantitative estimate of drug-likeness (QED) is 0.355. The molecule has 0 aromatic rings. The predicted octanol–water partition coefficient (Wildman–Crippen LogP) is 2.67. The summed E-state index contributed by atoms with van der Waals surface area (Å²) in [4.78, 5) is 22.0. The van der Waals surface area contributed by atoms with E-state index in [-0.39, 0.29) is 6.61 Å². The van der Waals surface area contributed by atoms with Gasteiger partial charge in [0.2, 0.25) is 0 Å².